The van der Waals surface area contributed by atoms with E-state index in [0.29, 0.717) is 31.2 Å². The Morgan fingerprint density at radius 3 is 2.41 bits per heavy atom. The van der Waals surface area contributed by atoms with Crippen LogP contribution in [0.2, 0.25) is 0 Å². The molecule has 0 atom stereocenters. The molecule has 1 saturated carbocycles. The van der Waals surface area contributed by atoms with Crippen molar-refractivity contribution in [2.75, 3.05) is 0 Å². The molecule has 0 radical (unpaired) electrons. The Balaban J connectivity index is 2.01. The molecule has 6 nitrogen and oxygen atoms in total. The van der Waals surface area contributed by atoms with Gasteiger partial charge in [0.15, 0.2) is 0 Å². The van der Waals surface area contributed by atoms with E-state index in [1.165, 1.54) is 6.07 Å². The molecule has 1 aliphatic carbocycles. The Morgan fingerprint density at radius 2 is 1.86 bits per heavy atom. The SMILES string of the molecule is CC(C)c1cc(C(=O)NC2CCC(C(=O)O)CC2)cc(=O)[nH]1. The van der Waals surface area contributed by atoms with Crippen molar-refractivity contribution in [1.29, 1.82) is 0 Å². The third kappa shape index (κ3) is 3.96. The van der Waals surface area contributed by atoms with E-state index in [0.717, 1.165) is 5.69 Å². The van der Waals surface area contributed by atoms with Gasteiger partial charge < -0.3 is 15.4 Å². The highest BCUT2D eigenvalue weighted by atomic mass is 16.4. The molecule has 1 amide bonds. The summed E-state index contributed by atoms with van der Waals surface area (Å²) in [5, 5.41) is 11.9. The summed E-state index contributed by atoms with van der Waals surface area (Å²) in [6, 6.07) is 2.97. The summed E-state index contributed by atoms with van der Waals surface area (Å²) < 4.78 is 0. The highest BCUT2D eigenvalue weighted by molar-refractivity contribution is 5.94. The molecule has 1 fully saturated rings. The molecule has 0 aromatic carbocycles. The number of carbonyl (C=O) groups is 2. The van der Waals surface area contributed by atoms with Gasteiger partial charge in [-0.1, -0.05) is 13.8 Å². The van der Waals surface area contributed by atoms with E-state index in [-0.39, 0.29) is 29.3 Å². The molecule has 1 aliphatic rings. The van der Waals surface area contributed by atoms with Crippen molar-refractivity contribution in [3.05, 3.63) is 33.7 Å². The van der Waals surface area contributed by atoms with Crippen LogP contribution in [0, 0.1) is 5.92 Å². The van der Waals surface area contributed by atoms with Gasteiger partial charge in [0.05, 0.1) is 5.92 Å². The van der Waals surface area contributed by atoms with Crippen LogP contribution in [0.3, 0.4) is 0 Å². The summed E-state index contributed by atoms with van der Waals surface area (Å²) in [6.07, 6.45) is 2.46. The molecular weight excluding hydrogens is 284 g/mol. The van der Waals surface area contributed by atoms with Gasteiger partial charge in [0.1, 0.15) is 0 Å². The zero-order chi connectivity index (χ0) is 16.3. The third-order valence-corrected chi connectivity index (χ3v) is 4.16. The Bertz CT molecular complexity index is 613. The second-order valence-corrected chi connectivity index (χ2v) is 6.20. The van der Waals surface area contributed by atoms with E-state index in [9.17, 15) is 14.4 Å². The molecule has 120 valence electrons. The summed E-state index contributed by atoms with van der Waals surface area (Å²) in [5.74, 6) is -1.21. The summed E-state index contributed by atoms with van der Waals surface area (Å²) in [4.78, 5) is 37.5. The fraction of sp³-hybridized carbons (Fsp3) is 0.562. The zero-order valence-electron chi connectivity index (χ0n) is 12.9. The van der Waals surface area contributed by atoms with E-state index >= 15 is 0 Å². The quantitative estimate of drug-likeness (QED) is 0.790. The summed E-state index contributed by atoms with van der Waals surface area (Å²) in [5.41, 5.74) is 0.797. The Morgan fingerprint density at radius 1 is 1.23 bits per heavy atom. The molecule has 22 heavy (non-hydrogen) atoms. The molecule has 1 heterocycles. The number of aromatic amines is 1. The number of carbonyl (C=O) groups excluding carboxylic acids is 1. The largest absolute Gasteiger partial charge is 0.481 e. The van der Waals surface area contributed by atoms with Gasteiger partial charge in [0.2, 0.25) is 5.56 Å². The number of hydrogen-bond donors (Lipinski definition) is 3. The maximum atomic E-state index is 12.3. The first-order valence-corrected chi connectivity index (χ1v) is 7.64. The van der Waals surface area contributed by atoms with Crippen LogP contribution < -0.4 is 10.9 Å². The number of hydrogen-bond acceptors (Lipinski definition) is 3. The number of amides is 1. The lowest BCUT2D eigenvalue weighted by molar-refractivity contribution is -0.142. The highest BCUT2D eigenvalue weighted by Gasteiger charge is 2.27. The van der Waals surface area contributed by atoms with Crippen molar-refractivity contribution in [1.82, 2.24) is 10.3 Å². The molecular formula is C16H22N2O4. The van der Waals surface area contributed by atoms with E-state index in [1.54, 1.807) is 6.07 Å². The van der Waals surface area contributed by atoms with E-state index in [2.05, 4.69) is 10.3 Å². The van der Waals surface area contributed by atoms with Crippen LogP contribution in [-0.4, -0.2) is 28.0 Å². The first-order chi connectivity index (χ1) is 10.4. The molecule has 0 bridgehead atoms. The number of aromatic nitrogens is 1. The number of rotatable bonds is 4. The van der Waals surface area contributed by atoms with Gasteiger partial charge in [-0.2, -0.15) is 0 Å². The fourth-order valence-corrected chi connectivity index (χ4v) is 2.76. The normalized spacial score (nSPS) is 21.6. The minimum Gasteiger partial charge on any atom is -0.481 e. The van der Waals surface area contributed by atoms with Crippen LogP contribution in [-0.2, 0) is 4.79 Å². The molecule has 0 spiro atoms. The molecule has 0 saturated heterocycles. The predicted octanol–water partition coefficient (Wildman–Crippen LogP) is 1.87. The molecule has 0 unspecified atom stereocenters. The molecule has 3 N–H and O–H groups in total. The highest BCUT2D eigenvalue weighted by Crippen LogP contribution is 2.24. The summed E-state index contributed by atoms with van der Waals surface area (Å²) >= 11 is 0. The number of carboxylic acids is 1. The maximum absolute atomic E-state index is 12.3. The molecule has 6 heteroatoms. The van der Waals surface area contributed by atoms with Gasteiger partial charge in [-0.3, -0.25) is 14.4 Å². The minimum absolute atomic E-state index is 0.0233. The van der Waals surface area contributed by atoms with Crippen LogP contribution >= 0.6 is 0 Å². The zero-order valence-corrected chi connectivity index (χ0v) is 12.9. The van der Waals surface area contributed by atoms with Crippen molar-refractivity contribution in [2.45, 2.75) is 51.5 Å². The van der Waals surface area contributed by atoms with Crippen LogP contribution in [0.25, 0.3) is 0 Å². The number of pyridine rings is 1. The Kier molecular flexibility index (Phi) is 5.00. The van der Waals surface area contributed by atoms with Gasteiger partial charge >= 0.3 is 5.97 Å². The fourth-order valence-electron chi connectivity index (χ4n) is 2.76. The topological polar surface area (TPSA) is 99.3 Å². The monoisotopic (exact) mass is 306 g/mol. The summed E-state index contributed by atoms with van der Waals surface area (Å²) in [7, 11) is 0. The van der Waals surface area contributed by atoms with Crippen LogP contribution in [0.5, 0.6) is 0 Å². The lowest BCUT2D eigenvalue weighted by atomic mass is 9.86. The van der Waals surface area contributed by atoms with Crippen LogP contribution in [0.4, 0.5) is 0 Å². The lowest BCUT2D eigenvalue weighted by Crippen LogP contribution is -2.39. The van der Waals surface area contributed by atoms with Gasteiger partial charge in [-0.25, -0.2) is 0 Å². The van der Waals surface area contributed by atoms with E-state index in [4.69, 9.17) is 5.11 Å². The molecule has 0 aliphatic heterocycles. The molecule has 1 aromatic heterocycles. The number of aliphatic carboxylic acids is 1. The predicted molar refractivity (Wildman–Crippen MR) is 82.0 cm³/mol. The molecule has 2 rings (SSSR count). The molecule has 1 aromatic rings. The first kappa shape index (κ1) is 16.3. The number of H-pyrrole nitrogens is 1. The van der Waals surface area contributed by atoms with Crippen molar-refractivity contribution >= 4 is 11.9 Å². The van der Waals surface area contributed by atoms with Crippen molar-refractivity contribution in [3.8, 4) is 0 Å². The third-order valence-electron chi connectivity index (χ3n) is 4.16. The maximum Gasteiger partial charge on any atom is 0.306 e. The Labute approximate surface area is 128 Å². The number of nitrogens with one attached hydrogen (secondary N) is 2. The average Bonchev–Trinajstić information content (AvgIpc) is 2.47. The van der Waals surface area contributed by atoms with Gasteiger partial charge in [0, 0.05) is 23.4 Å². The van der Waals surface area contributed by atoms with Gasteiger partial charge in [-0.05, 0) is 37.7 Å². The summed E-state index contributed by atoms with van der Waals surface area (Å²) in [6.45, 7) is 3.89. The van der Waals surface area contributed by atoms with Gasteiger partial charge in [-0.15, -0.1) is 0 Å². The first-order valence-electron chi connectivity index (χ1n) is 7.64. The second kappa shape index (κ2) is 6.77. The minimum atomic E-state index is -0.763. The van der Waals surface area contributed by atoms with Gasteiger partial charge in [0.25, 0.3) is 5.91 Å². The second-order valence-electron chi connectivity index (χ2n) is 6.20. The van der Waals surface area contributed by atoms with E-state index < -0.39 is 5.97 Å². The average molecular weight is 306 g/mol. The standard InChI is InChI=1S/C16H22N2O4/c1-9(2)13-7-11(8-14(19)18-13)15(20)17-12-5-3-10(4-6-12)16(21)22/h7-10,12H,3-6H2,1-2H3,(H,17,20)(H,18,19)(H,21,22). The van der Waals surface area contributed by atoms with Crippen LogP contribution in [0.15, 0.2) is 16.9 Å². The van der Waals surface area contributed by atoms with E-state index in [1.807, 2.05) is 13.8 Å². The van der Waals surface area contributed by atoms with Crippen molar-refractivity contribution in [2.24, 2.45) is 5.92 Å². The number of carboxylic acid groups (broad SMARTS) is 1. The van der Waals surface area contributed by atoms with Crippen molar-refractivity contribution in [3.63, 3.8) is 0 Å². The van der Waals surface area contributed by atoms with Crippen molar-refractivity contribution < 1.29 is 14.7 Å². The lowest BCUT2D eigenvalue weighted by Gasteiger charge is -2.26. The Hall–Kier alpha value is -2.11. The smallest absolute Gasteiger partial charge is 0.306 e. The van der Waals surface area contributed by atoms with Crippen LogP contribution in [0.1, 0.15) is 61.5 Å².